The van der Waals surface area contributed by atoms with Crippen LogP contribution in [0.25, 0.3) is 0 Å². The number of furan rings is 1. The average Bonchev–Trinajstić information content (AvgIpc) is 2.99. The summed E-state index contributed by atoms with van der Waals surface area (Å²) in [5, 5.41) is 3.36. The SMILES string of the molecule is COC(=O)c1ccc(CN[C@@H](C)c2ccco2)c(Br)c1. The van der Waals surface area contributed by atoms with Gasteiger partial charge in [-0.3, -0.25) is 0 Å². The molecule has 1 atom stereocenters. The molecule has 4 nitrogen and oxygen atoms in total. The number of hydrogen-bond acceptors (Lipinski definition) is 4. The van der Waals surface area contributed by atoms with Crippen LogP contribution in [0, 0.1) is 0 Å². The zero-order valence-corrected chi connectivity index (χ0v) is 12.9. The lowest BCUT2D eigenvalue weighted by Gasteiger charge is -2.12. The molecule has 1 N–H and O–H groups in total. The van der Waals surface area contributed by atoms with Crippen molar-refractivity contribution in [3.05, 3.63) is 58.0 Å². The first kappa shape index (κ1) is 14.8. The molecular formula is C15H16BrNO3. The number of rotatable bonds is 5. The highest BCUT2D eigenvalue weighted by Crippen LogP contribution is 2.20. The Balaban J connectivity index is 2.01. The smallest absolute Gasteiger partial charge is 0.337 e. The van der Waals surface area contributed by atoms with Gasteiger partial charge in [0.05, 0.1) is 25.0 Å². The number of hydrogen-bond donors (Lipinski definition) is 1. The lowest BCUT2D eigenvalue weighted by molar-refractivity contribution is 0.0600. The number of ether oxygens (including phenoxy) is 1. The van der Waals surface area contributed by atoms with Crippen LogP contribution >= 0.6 is 15.9 Å². The molecule has 0 radical (unpaired) electrons. The van der Waals surface area contributed by atoms with Crippen LogP contribution in [0.5, 0.6) is 0 Å². The van der Waals surface area contributed by atoms with E-state index in [0.29, 0.717) is 12.1 Å². The van der Waals surface area contributed by atoms with Crippen LogP contribution < -0.4 is 5.32 Å². The molecule has 1 heterocycles. The summed E-state index contributed by atoms with van der Waals surface area (Å²) in [6.45, 7) is 2.71. The summed E-state index contributed by atoms with van der Waals surface area (Å²) in [5.74, 6) is 0.557. The summed E-state index contributed by atoms with van der Waals surface area (Å²) in [7, 11) is 1.37. The molecule has 1 aromatic heterocycles. The second-order valence-electron chi connectivity index (χ2n) is 4.42. The summed E-state index contributed by atoms with van der Waals surface area (Å²) >= 11 is 3.47. The Kier molecular flexibility index (Phi) is 4.98. The molecule has 106 valence electrons. The predicted octanol–water partition coefficient (Wildman–Crippen LogP) is 3.68. The highest BCUT2D eigenvalue weighted by molar-refractivity contribution is 9.10. The Labute approximate surface area is 126 Å². The van der Waals surface area contributed by atoms with Crippen LogP contribution in [-0.4, -0.2) is 13.1 Å². The monoisotopic (exact) mass is 337 g/mol. The maximum absolute atomic E-state index is 11.4. The Morgan fingerprint density at radius 1 is 1.45 bits per heavy atom. The topological polar surface area (TPSA) is 51.5 Å². The number of carbonyl (C=O) groups excluding carboxylic acids is 1. The van der Waals surface area contributed by atoms with Gasteiger partial charge in [0.25, 0.3) is 0 Å². The van der Waals surface area contributed by atoms with E-state index in [-0.39, 0.29) is 12.0 Å². The summed E-state index contributed by atoms with van der Waals surface area (Å²) in [5.41, 5.74) is 1.60. The quantitative estimate of drug-likeness (QED) is 0.845. The van der Waals surface area contributed by atoms with Gasteiger partial charge in [0.1, 0.15) is 5.76 Å². The van der Waals surface area contributed by atoms with Crippen LogP contribution in [0.4, 0.5) is 0 Å². The van der Waals surface area contributed by atoms with Gasteiger partial charge in [-0.05, 0) is 36.8 Å². The van der Waals surface area contributed by atoms with E-state index >= 15 is 0 Å². The molecule has 0 saturated carbocycles. The summed E-state index contributed by atoms with van der Waals surface area (Å²) in [6.07, 6.45) is 1.66. The minimum Gasteiger partial charge on any atom is -0.468 e. The molecule has 2 aromatic rings. The molecule has 0 aliphatic heterocycles. The van der Waals surface area contributed by atoms with Gasteiger partial charge in [-0.25, -0.2) is 4.79 Å². The molecule has 20 heavy (non-hydrogen) atoms. The van der Waals surface area contributed by atoms with Crippen LogP contribution in [0.15, 0.2) is 45.5 Å². The van der Waals surface area contributed by atoms with Gasteiger partial charge < -0.3 is 14.5 Å². The maximum atomic E-state index is 11.4. The van der Waals surface area contributed by atoms with Crippen molar-refractivity contribution in [2.45, 2.75) is 19.5 Å². The predicted molar refractivity (Wildman–Crippen MR) is 79.4 cm³/mol. The molecule has 0 bridgehead atoms. The highest BCUT2D eigenvalue weighted by atomic mass is 79.9. The lowest BCUT2D eigenvalue weighted by Crippen LogP contribution is -2.18. The minimum atomic E-state index is -0.339. The molecule has 0 saturated heterocycles. The van der Waals surface area contributed by atoms with Gasteiger partial charge in [0.15, 0.2) is 0 Å². The molecule has 0 amide bonds. The molecular weight excluding hydrogens is 322 g/mol. The Morgan fingerprint density at radius 2 is 2.25 bits per heavy atom. The lowest BCUT2D eigenvalue weighted by atomic mass is 10.1. The van der Waals surface area contributed by atoms with Gasteiger partial charge >= 0.3 is 5.97 Å². The summed E-state index contributed by atoms with van der Waals surface area (Å²) < 4.78 is 10.9. The van der Waals surface area contributed by atoms with E-state index in [4.69, 9.17) is 9.15 Å². The van der Waals surface area contributed by atoms with Crippen molar-refractivity contribution in [2.24, 2.45) is 0 Å². The standard InChI is InChI=1S/C15H16BrNO3/c1-10(14-4-3-7-20-14)17-9-12-6-5-11(8-13(12)16)15(18)19-2/h3-8,10,17H,9H2,1-2H3/t10-/m0/s1. The number of halogens is 1. The molecule has 0 unspecified atom stereocenters. The van der Waals surface area contributed by atoms with Crippen molar-refractivity contribution >= 4 is 21.9 Å². The third kappa shape index (κ3) is 3.49. The summed E-state index contributed by atoms with van der Waals surface area (Å²) in [6, 6.07) is 9.35. The third-order valence-corrected chi connectivity index (χ3v) is 3.78. The second kappa shape index (κ2) is 6.72. The third-order valence-electron chi connectivity index (χ3n) is 3.04. The fourth-order valence-electron chi connectivity index (χ4n) is 1.84. The van der Waals surface area contributed by atoms with Crippen LogP contribution in [0.2, 0.25) is 0 Å². The molecule has 2 rings (SSSR count). The average molecular weight is 338 g/mol. The zero-order chi connectivity index (χ0) is 14.5. The number of methoxy groups -OCH3 is 1. The first-order chi connectivity index (χ1) is 9.61. The van der Waals surface area contributed by atoms with Gasteiger partial charge in [0.2, 0.25) is 0 Å². The van der Waals surface area contributed by atoms with Gasteiger partial charge in [-0.2, -0.15) is 0 Å². The fourth-order valence-corrected chi connectivity index (χ4v) is 2.36. The van der Waals surface area contributed by atoms with E-state index in [1.165, 1.54) is 7.11 Å². The van der Waals surface area contributed by atoms with Crippen molar-refractivity contribution in [1.82, 2.24) is 5.32 Å². The molecule has 0 aliphatic carbocycles. The van der Waals surface area contributed by atoms with Crippen molar-refractivity contribution in [3.63, 3.8) is 0 Å². The van der Waals surface area contributed by atoms with Crippen molar-refractivity contribution in [1.29, 1.82) is 0 Å². The van der Waals surface area contributed by atoms with E-state index in [9.17, 15) is 4.79 Å². The minimum absolute atomic E-state index is 0.122. The highest BCUT2D eigenvalue weighted by Gasteiger charge is 2.11. The second-order valence-corrected chi connectivity index (χ2v) is 5.27. The van der Waals surface area contributed by atoms with Crippen molar-refractivity contribution in [2.75, 3.05) is 7.11 Å². The fraction of sp³-hybridized carbons (Fsp3) is 0.267. The van der Waals surface area contributed by atoms with E-state index in [1.807, 2.05) is 25.1 Å². The van der Waals surface area contributed by atoms with Crippen molar-refractivity contribution in [3.8, 4) is 0 Å². The molecule has 1 aromatic carbocycles. The number of carbonyl (C=O) groups is 1. The Bertz CT molecular complexity index is 581. The van der Waals surface area contributed by atoms with E-state index in [0.717, 1.165) is 15.8 Å². The maximum Gasteiger partial charge on any atom is 0.337 e. The molecule has 0 spiro atoms. The van der Waals surface area contributed by atoms with E-state index in [1.54, 1.807) is 18.4 Å². The Hall–Kier alpha value is -1.59. The van der Waals surface area contributed by atoms with E-state index in [2.05, 4.69) is 21.2 Å². The van der Waals surface area contributed by atoms with Gasteiger partial charge in [0, 0.05) is 11.0 Å². The number of esters is 1. The first-order valence-corrected chi connectivity index (χ1v) is 7.04. The molecule has 0 aliphatic rings. The van der Waals surface area contributed by atoms with Crippen LogP contribution in [-0.2, 0) is 11.3 Å². The number of benzene rings is 1. The molecule has 0 fully saturated rings. The first-order valence-electron chi connectivity index (χ1n) is 6.25. The Morgan fingerprint density at radius 3 is 2.85 bits per heavy atom. The number of nitrogens with one attached hydrogen (secondary N) is 1. The summed E-state index contributed by atoms with van der Waals surface area (Å²) in [4.78, 5) is 11.4. The zero-order valence-electron chi connectivity index (χ0n) is 11.4. The largest absolute Gasteiger partial charge is 0.468 e. The van der Waals surface area contributed by atoms with Crippen LogP contribution in [0.3, 0.4) is 0 Å². The van der Waals surface area contributed by atoms with Crippen molar-refractivity contribution < 1.29 is 13.9 Å². The van der Waals surface area contributed by atoms with Gasteiger partial charge in [-0.1, -0.05) is 22.0 Å². The van der Waals surface area contributed by atoms with E-state index < -0.39 is 0 Å². The normalized spacial score (nSPS) is 12.2. The van der Waals surface area contributed by atoms with Crippen LogP contribution in [0.1, 0.15) is 34.6 Å². The van der Waals surface area contributed by atoms with Gasteiger partial charge in [-0.15, -0.1) is 0 Å². The molecule has 5 heteroatoms.